The molecule has 0 aliphatic carbocycles. The molecule has 0 saturated carbocycles. The van der Waals surface area contributed by atoms with Crippen LogP contribution in [0.1, 0.15) is 5.56 Å². The van der Waals surface area contributed by atoms with Crippen LogP contribution in [-0.2, 0) is 0 Å². The molecule has 4 aromatic rings. The average molecular weight is 424 g/mol. The second-order valence-electron chi connectivity index (χ2n) is 5.80. The second kappa shape index (κ2) is 6.51. The largest absolute Gasteiger partial charge is 0.399 e. The Morgan fingerprint density at radius 2 is 1.77 bits per heavy atom. The van der Waals surface area contributed by atoms with E-state index >= 15 is 0 Å². The molecule has 2 heterocycles. The van der Waals surface area contributed by atoms with Crippen LogP contribution in [0.3, 0.4) is 0 Å². The normalized spacial score (nSPS) is 11.0. The number of rotatable bonds is 3. The Balaban J connectivity index is 1.98. The highest BCUT2D eigenvalue weighted by Gasteiger charge is 2.15. The van der Waals surface area contributed by atoms with Gasteiger partial charge in [-0.15, -0.1) is 5.10 Å². The zero-order valence-electron chi connectivity index (χ0n) is 13.6. The zero-order valence-corrected chi connectivity index (χ0v) is 16.0. The standard InChI is InChI=1S/C19H14BrN5S/c20-13-3-1-2-12(10-13)16-9-8-15(17(22)26)19-23-18(24-25(16)19)11-4-6-14(21)7-5-11/h1-10H,21H2,(H2,22,26). The molecule has 5 nitrogen and oxygen atoms in total. The summed E-state index contributed by atoms with van der Waals surface area (Å²) in [4.78, 5) is 4.96. The van der Waals surface area contributed by atoms with E-state index in [1.807, 2.05) is 60.7 Å². The topological polar surface area (TPSA) is 82.2 Å². The van der Waals surface area contributed by atoms with E-state index in [1.54, 1.807) is 4.52 Å². The van der Waals surface area contributed by atoms with Crippen molar-refractivity contribution in [1.82, 2.24) is 14.6 Å². The number of benzene rings is 2. The number of nitrogens with two attached hydrogens (primary N) is 2. The summed E-state index contributed by atoms with van der Waals surface area (Å²) < 4.78 is 2.77. The quantitative estimate of drug-likeness (QED) is 0.383. The van der Waals surface area contributed by atoms with Crippen LogP contribution in [0.25, 0.3) is 28.3 Å². The number of anilines is 1. The van der Waals surface area contributed by atoms with E-state index in [0.717, 1.165) is 21.3 Å². The fourth-order valence-electron chi connectivity index (χ4n) is 2.77. The molecule has 0 fully saturated rings. The van der Waals surface area contributed by atoms with Gasteiger partial charge in [0.05, 0.1) is 11.3 Å². The van der Waals surface area contributed by atoms with Gasteiger partial charge >= 0.3 is 0 Å². The van der Waals surface area contributed by atoms with E-state index in [0.29, 0.717) is 22.7 Å². The first-order chi connectivity index (χ1) is 12.5. The van der Waals surface area contributed by atoms with Gasteiger partial charge in [0.2, 0.25) is 0 Å². The Kier molecular flexibility index (Phi) is 4.18. The lowest BCUT2D eigenvalue weighted by Gasteiger charge is -2.07. The molecule has 2 aromatic carbocycles. The van der Waals surface area contributed by atoms with Crippen molar-refractivity contribution in [2.75, 3.05) is 5.73 Å². The lowest BCUT2D eigenvalue weighted by molar-refractivity contribution is 0.973. The maximum Gasteiger partial charge on any atom is 0.182 e. The molecule has 4 rings (SSSR count). The van der Waals surface area contributed by atoms with Crippen LogP contribution in [0.5, 0.6) is 0 Å². The van der Waals surface area contributed by atoms with E-state index in [1.165, 1.54) is 0 Å². The summed E-state index contributed by atoms with van der Waals surface area (Å²) in [6.45, 7) is 0. The predicted molar refractivity (Wildman–Crippen MR) is 112 cm³/mol. The van der Waals surface area contributed by atoms with Gasteiger partial charge < -0.3 is 11.5 Å². The highest BCUT2D eigenvalue weighted by atomic mass is 79.9. The molecule has 0 unspecified atom stereocenters. The fourth-order valence-corrected chi connectivity index (χ4v) is 3.33. The highest BCUT2D eigenvalue weighted by Crippen LogP contribution is 2.27. The smallest absolute Gasteiger partial charge is 0.182 e. The van der Waals surface area contributed by atoms with Crippen molar-refractivity contribution in [3.63, 3.8) is 0 Å². The average Bonchev–Trinajstić information content (AvgIpc) is 3.06. The molecule has 7 heteroatoms. The third kappa shape index (κ3) is 2.95. The van der Waals surface area contributed by atoms with Gasteiger partial charge in [-0.05, 0) is 48.5 Å². The van der Waals surface area contributed by atoms with E-state index in [-0.39, 0.29) is 4.99 Å². The number of nitrogens with zero attached hydrogens (tertiary/aromatic N) is 3. The molecule has 0 spiro atoms. The van der Waals surface area contributed by atoms with Crippen molar-refractivity contribution in [3.05, 3.63) is 70.7 Å². The van der Waals surface area contributed by atoms with Gasteiger partial charge in [-0.2, -0.15) is 0 Å². The highest BCUT2D eigenvalue weighted by molar-refractivity contribution is 9.10. The van der Waals surface area contributed by atoms with Crippen LogP contribution in [0.15, 0.2) is 65.1 Å². The molecule has 0 atom stereocenters. The van der Waals surface area contributed by atoms with Crippen LogP contribution >= 0.6 is 28.1 Å². The van der Waals surface area contributed by atoms with Gasteiger partial charge in [-0.3, -0.25) is 0 Å². The molecule has 0 bridgehead atoms. The van der Waals surface area contributed by atoms with Gasteiger partial charge in [0.15, 0.2) is 11.5 Å². The first-order valence-corrected chi connectivity index (χ1v) is 9.04. The molecule has 0 aliphatic rings. The molecule has 26 heavy (non-hydrogen) atoms. The fraction of sp³-hybridized carbons (Fsp3) is 0. The molecular weight excluding hydrogens is 410 g/mol. The number of thiocarbonyl (C=S) groups is 1. The number of hydrogen-bond acceptors (Lipinski definition) is 4. The van der Waals surface area contributed by atoms with Crippen molar-refractivity contribution >= 4 is 44.5 Å². The van der Waals surface area contributed by atoms with Crippen molar-refractivity contribution < 1.29 is 0 Å². The van der Waals surface area contributed by atoms with Gasteiger partial charge in [-0.1, -0.05) is 40.3 Å². The third-order valence-corrected chi connectivity index (χ3v) is 4.75. The SMILES string of the molecule is NC(=S)c1ccc(-c2cccc(Br)c2)n2nc(-c3ccc(N)cc3)nc12. The molecule has 0 radical (unpaired) electrons. The lowest BCUT2D eigenvalue weighted by Crippen LogP contribution is -2.12. The molecule has 0 aliphatic heterocycles. The molecule has 2 aromatic heterocycles. The van der Waals surface area contributed by atoms with Crippen LogP contribution < -0.4 is 11.5 Å². The number of aromatic nitrogens is 3. The third-order valence-electron chi connectivity index (χ3n) is 4.04. The molecular formula is C19H14BrN5S. The van der Waals surface area contributed by atoms with E-state index in [2.05, 4.69) is 20.9 Å². The maximum atomic E-state index is 5.89. The van der Waals surface area contributed by atoms with Gasteiger partial charge in [0, 0.05) is 21.3 Å². The summed E-state index contributed by atoms with van der Waals surface area (Å²) in [6.07, 6.45) is 0. The number of fused-ring (bicyclic) bond motifs is 1. The molecule has 4 N–H and O–H groups in total. The monoisotopic (exact) mass is 423 g/mol. The second-order valence-corrected chi connectivity index (χ2v) is 7.16. The van der Waals surface area contributed by atoms with Crippen molar-refractivity contribution in [3.8, 4) is 22.6 Å². The summed E-state index contributed by atoms with van der Waals surface area (Å²) in [5, 5.41) is 4.70. The summed E-state index contributed by atoms with van der Waals surface area (Å²) in [6, 6.07) is 19.3. The van der Waals surface area contributed by atoms with Crippen LogP contribution in [0, 0.1) is 0 Å². The first-order valence-electron chi connectivity index (χ1n) is 7.84. The zero-order chi connectivity index (χ0) is 18.3. The summed E-state index contributed by atoms with van der Waals surface area (Å²) in [7, 11) is 0. The molecule has 0 saturated heterocycles. The summed E-state index contributed by atoms with van der Waals surface area (Å²) in [5.41, 5.74) is 16.4. The number of halogens is 1. The minimum Gasteiger partial charge on any atom is -0.399 e. The Labute approximate surface area is 163 Å². The predicted octanol–water partition coefficient (Wildman–Crippen LogP) is 4.04. The Morgan fingerprint density at radius 1 is 1.00 bits per heavy atom. The van der Waals surface area contributed by atoms with Gasteiger partial charge in [0.25, 0.3) is 0 Å². The van der Waals surface area contributed by atoms with Crippen LogP contribution in [0.4, 0.5) is 5.69 Å². The molecule has 128 valence electrons. The van der Waals surface area contributed by atoms with Crippen LogP contribution in [0.2, 0.25) is 0 Å². The Bertz CT molecular complexity index is 1130. The number of pyridine rings is 1. The van der Waals surface area contributed by atoms with Crippen molar-refractivity contribution in [2.45, 2.75) is 0 Å². The summed E-state index contributed by atoms with van der Waals surface area (Å²) >= 11 is 8.70. The van der Waals surface area contributed by atoms with E-state index in [9.17, 15) is 0 Å². The lowest BCUT2D eigenvalue weighted by atomic mass is 10.1. The number of nitrogen functional groups attached to an aromatic ring is 1. The molecule has 0 amide bonds. The first kappa shape index (κ1) is 16.7. The van der Waals surface area contributed by atoms with Gasteiger partial charge in [-0.25, -0.2) is 9.50 Å². The van der Waals surface area contributed by atoms with Crippen molar-refractivity contribution in [1.29, 1.82) is 0 Å². The Hall–Kier alpha value is -2.77. The summed E-state index contributed by atoms with van der Waals surface area (Å²) in [5.74, 6) is 0.588. The number of hydrogen-bond donors (Lipinski definition) is 2. The minimum atomic E-state index is 0.284. The van der Waals surface area contributed by atoms with Gasteiger partial charge in [0.1, 0.15) is 4.99 Å². The van der Waals surface area contributed by atoms with Crippen molar-refractivity contribution in [2.24, 2.45) is 5.73 Å². The Morgan fingerprint density at radius 3 is 2.46 bits per heavy atom. The minimum absolute atomic E-state index is 0.284. The van der Waals surface area contributed by atoms with Crippen LogP contribution in [-0.4, -0.2) is 19.6 Å². The van der Waals surface area contributed by atoms with E-state index < -0.39 is 0 Å². The maximum absolute atomic E-state index is 5.89. The van der Waals surface area contributed by atoms with E-state index in [4.69, 9.17) is 28.8 Å².